The predicted molar refractivity (Wildman–Crippen MR) is 68.2 cm³/mol. The molecule has 2 rings (SSSR count). The molecule has 0 amide bonds. The Morgan fingerprint density at radius 2 is 2.06 bits per heavy atom. The fourth-order valence-electron chi connectivity index (χ4n) is 3.71. The maximum atomic E-state index is 9.17. The van der Waals surface area contributed by atoms with Gasteiger partial charge in [-0.1, -0.05) is 33.8 Å². The normalized spacial score (nSPS) is 40.9. The largest absolute Gasteiger partial charge is 0.392 e. The van der Waals surface area contributed by atoms with Crippen LogP contribution in [0.2, 0.25) is 0 Å². The van der Waals surface area contributed by atoms with Crippen molar-refractivity contribution < 1.29 is 5.11 Å². The van der Waals surface area contributed by atoms with E-state index >= 15 is 0 Å². The maximum Gasteiger partial charge on any atom is 0.0641 e. The van der Waals surface area contributed by atoms with Gasteiger partial charge in [-0.25, -0.2) is 0 Å². The molecule has 1 nitrogen and oxygen atoms in total. The summed E-state index contributed by atoms with van der Waals surface area (Å²) in [7, 11) is 0. The molecule has 3 unspecified atom stereocenters. The number of hydrogen-bond donors (Lipinski definition) is 1. The van der Waals surface area contributed by atoms with Crippen LogP contribution in [0.25, 0.3) is 0 Å². The van der Waals surface area contributed by atoms with Crippen molar-refractivity contribution >= 4 is 0 Å². The van der Waals surface area contributed by atoms with Gasteiger partial charge in [0.25, 0.3) is 0 Å². The molecule has 0 saturated heterocycles. The van der Waals surface area contributed by atoms with Crippen LogP contribution in [0.3, 0.4) is 0 Å². The Morgan fingerprint density at radius 3 is 2.50 bits per heavy atom. The van der Waals surface area contributed by atoms with Crippen LogP contribution in [0.5, 0.6) is 0 Å². The Labute approximate surface area is 99.9 Å². The molecule has 16 heavy (non-hydrogen) atoms. The van der Waals surface area contributed by atoms with Crippen molar-refractivity contribution in [3.05, 3.63) is 11.6 Å². The summed E-state index contributed by atoms with van der Waals surface area (Å²) in [5.41, 5.74) is 2.32. The molecule has 0 spiro atoms. The summed E-state index contributed by atoms with van der Waals surface area (Å²) in [5, 5.41) is 9.17. The van der Waals surface area contributed by atoms with Gasteiger partial charge in [-0.3, -0.25) is 0 Å². The van der Waals surface area contributed by atoms with E-state index in [4.69, 9.17) is 0 Å². The van der Waals surface area contributed by atoms with Gasteiger partial charge in [0.15, 0.2) is 0 Å². The second-order valence-electron chi connectivity index (χ2n) is 6.58. The van der Waals surface area contributed by atoms with E-state index < -0.39 is 0 Å². The highest BCUT2D eigenvalue weighted by Gasteiger charge is 2.66. The van der Waals surface area contributed by atoms with E-state index in [9.17, 15) is 5.11 Å². The first kappa shape index (κ1) is 12.2. The number of aliphatic hydroxyl groups is 1. The highest BCUT2D eigenvalue weighted by atomic mass is 16.3. The number of aliphatic hydroxyl groups excluding tert-OH is 1. The molecule has 2 fully saturated rings. The lowest BCUT2D eigenvalue weighted by molar-refractivity contribution is 0.150. The van der Waals surface area contributed by atoms with Crippen LogP contribution in [-0.2, 0) is 0 Å². The third kappa shape index (κ3) is 1.64. The molecule has 0 aromatic heterocycles. The lowest BCUT2D eigenvalue weighted by Crippen LogP contribution is -2.27. The monoisotopic (exact) mass is 222 g/mol. The van der Waals surface area contributed by atoms with Crippen molar-refractivity contribution in [3.8, 4) is 0 Å². The molecule has 2 aliphatic rings. The van der Waals surface area contributed by atoms with Crippen LogP contribution in [-0.4, -0.2) is 11.7 Å². The molecule has 2 saturated carbocycles. The maximum absolute atomic E-state index is 9.17. The zero-order chi connectivity index (χ0) is 12.0. The van der Waals surface area contributed by atoms with Gasteiger partial charge in [-0.2, -0.15) is 0 Å². The average molecular weight is 222 g/mol. The summed E-state index contributed by atoms with van der Waals surface area (Å²) in [5.74, 6) is 1.81. The molecule has 92 valence electrons. The van der Waals surface area contributed by atoms with Gasteiger partial charge >= 0.3 is 0 Å². The molecule has 1 heteroatoms. The van der Waals surface area contributed by atoms with E-state index in [2.05, 4.69) is 33.8 Å². The SMILES string of the molecule is CCC(=CCC1CC2CC2(C)C1(C)C)CO. The van der Waals surface area contributed by atoms with E-state index in [1.165, 1.54) is 24.8 Å². The van der Waals surface area contributed by atoms with Gasteiger partial charge in [0, 0.05) is 0 Å². The predicted octanol–water partition coefficient (Wildman–Crippen LogP) is 3.78. The lowest BCUT2D eigenvalue weighted by atomic mass is 9.70. The Bertz CT molecular complexity index is 297. The van der Waals surface area contributed by atoms with E-state index in [-0.39, 0.29) is 6.61 Å². The summed E-state index contributed by atoms with van der Waals surface area (Å²) < 4.78 is 0. The highest BCUT2D eigenvalue weighted by molar-refractivity contribution is 5.17. The van der Waals surface area contributed by atoms with Crippen LogP contribution in [0, 0.1) is 22.7 Å². The topological polar surface area (TPSA) is 20.2 Å². The summed E-state index contributed by atoms with van der Waals surface area (Å²) in [6, 6.07) is 0. The molecule has 0 aromatic rings. The van der Waals surface area contributed by atoms with Gasteiger partial charge < -0.3 is 5.11 Å². The van der Waals surface area contributed by atoms with E-state index in [0.29, 0.717) is 10.8 Å². The number of rotatable bonds is 4. The lowest BCUT2D eigenvalue weighted by Gasteiger charge is -2.35. The Morgan fingerprint density at radius 1 is 1.38 bits per heavy atom. The molecule has 0 aliphatic heterocycles. The molecular weight excluding hydrogens is 196 g/mol. The van der Waals surface area contributed by atoms with Crippen LogP contribution >= 0.6 is 0 Å². The van der Waals surface area contributed by atoms with Crippen molar-refractivity contribution in [1.82, 2.24) is 0 Å². The van der Waals surface area contributed by atoms with Crippen molar-refractivity contribution in [3.63, 3.8) is 0 Å². The molecule has 3 atom stereocenters. The Balaban J connectivity index is 2.00. The summed E-state index contributed by atoms with van der Waals surface area (Å²) in [6.07, 6.45) is 7.30. The second-order valence-corrected chi connectivity index (χ2v) is 6.58. The number of fused-ring (bicyclic) bond motifs is 1. The van der Waals surface area contributed by atoms with Gasteiger partial charge in [0.2, 0.25) is 0 Å². The minimum atomic E-state index is 0.240. The number of allylic oxidation sites excluding steroid dienone is 1. The van der Waals surface area contributed by atoms with Crippen LogP contribution in [0.1, 0.15) is 53.4 Å². The summed E-state index contributed by atoms with van der Waals surface area (Å²) in [6.45, 7) is 9.73. The van der Waals surface area contributed by atoms with Crippen LogP contribution in [0.4, 0.5) is 0 Å². The fraction of sp³-hybridized carbons (Fsp3) is 0.867. The third-order valence-electron chi connectivity index (χ3n) is 5.82. The molecule has 0 heterocycles. The van der Waals surface area contributed by atoms with Crippen molar-refractivity contribution in [1.29, 1.82) is 0 Å². The molecule has 1 N–H and O–H groups in total. The van der Waals surface area contributed by atoms with E-state index in [1.807, 2.05) is 0 Å². The molecule has 0 aromatic carbocycles. The summed E-state index contributed by atoms with van der Waals surface area (Å²) >= 11 is 0. The van der Waals surface area contributed by atoms with Gasteiger partial charge in [-0.15, -0.1) is 0 Å². The van der Waals surface area contributed by atoms with Gasteiger partial charge in [-0.05, 0) is 53.9 Å². The van der Waals surface area contributed by atoms with Crippen molar-refractivity contribution in [2.45, 2.75) is 53.4 Å². The first-order valence-electron chi connectivity index (χ1n) is 6.74. The second kappa shape index (κ2) is 3.87. The fourth-order valence-corrected chi connectivity index (χ4v) is 3.71. The average Bonchev–Trinajstić information content (AvgIpc) is 2.86. The van der Waals surface area contributed by atoms with Crippen LogP contribution in [0.15, 0.2) is 11.6 Å². The van der Waals surface area contributed by atoms with E-state index in [0.717, 1.165) is 18.3 Å². The zero-order valence-corrected chi connectivity index (χ0v) is 11.2. The standard InChI is InChI=1S/C15H26O/c1-5-11(10-16)6-7-12-8-13-9-15(13,4)14(12,2)3/h6,12-13,16H,5,7-10H2,1-4H3. The van der Waals surface area contributed by atoms with Gasteiger partial charge in [0.05, 0.1) is 6.61 Å². The first-order chi connectivity index (χ1) is 7.45. The molecule has 0 bridgehead atoms. The van der Waals surface area contributed by atoms with Crippen molar-refractivity contribution in [2.24, 2.45) is 22.7 Å². The van der Waals surface area contributed by atoms with Crippen LogP contribution < -0.4 is 0 Å². The Hall–Kier alpha value is -0.300. The van der Waals surface area contributed by atoms with E-state index in [1.54, 1.807) is 0 Å². The number of hydrogen-bond acceptors (Lipinski definition) is 1. The third-order valence-corrected chi connectivity index (χ3v) is 5.82. The van der Waals surface area contributed by atoms with Crippen molar-refractivity contribution in [2.75, 3.05) is 6.61 Å². The zero-order valence-electron chi connectivity index (χ0n) is 11.2. The minimum absolute atomic E-state index is 0.240. The smallest absolute Gasteiger partial charge is 0.0641 e. The molecular formula is C15H26O. The molecule has 2 aliphatic carbocycles. The highest BCUT2D eigenvalue weighted by Crippen LogP contribution is 2.74. The first-order valence-corrected chi connectivity index (χ1v) is 6.74. The minimum Gasteiger partial charge on any atom is -0.392 e. The molecule has 0 radical (unpaired) electrons. The van der Waals surface area contributed by atoms with Gasteiger partial charge in [0.1, 0.15) is 0 Å². The quantitative estimate of drug-likeness (QED) is 0.718. The summed E-state index contributed by atoms with van der Waals surface area (Å²) in [4.78, 5) is 0. The Kier molecular flexibility index (Phi) is 2.94.